The molecule has 77 valence electrons. The smallest absolute Gasteiger partial charge is 0.0743 e. The van der Waals surface area contributed by atoms with Crippen LogP contribution in [-0.2, 0) is 0 Å². The van der Waals surface area contributed by atoms with Gasteiger partial charge in [0.25, 0.3) is 0 Å². The monoisotopic (exact) mass is 207 g/mol. The van der Waals surface area contributed by atoms with Crippen LogP contribution in [-0.4, -0.2) is 9.78 Å². The second-order valence-corrected chi connectivity index (χ2v) is 3.77. The van der Waals surface area contributed by atoms with Crippen LogP contribution in [0.5, 0.6) is 0 Å². The van der Waals surface area contributed by atoms with Crippen LogP contribution in [0.15, 0.2) is 48.5 Å². The molecule has 0 spiro atoms. The van der Waals surface area contributed by atoms with Crippen LogP contribution < -0.4 is 0 Å². The van der Waals surface area contributed by atoms with Gasteiger partial charge >= 0.3 is 0 Å². The lowest BCUT2D eigenvalue weighted by atomic mass is 10.2. The Bertz CT molecular complexity index is 624. The normalized spacial score (nSPS) is 10.8. The van der Waals surface area contributed by atoms with Crippen LogP contribution in [0.1, 0.15) is 5.69 Å². The Balaban J connectivity index is 2.33. The largest absolute Gasteiger partial charge is 0.233 e. The summed E-state index contributed by atoms with van der Waals surface area (Å²) < 4.78 is 1.97. The summed E-state index contributed by atoms with van der Waals surface area (Å²) in [4.78, 5) is 0. The van der Waals surface area contributed by atoms with Gasteiger partial charge in [0.2, 0.25) is 0 Å². The molecule has 1 radical (unpaired) electrons. The molecule has 0 unspecified atom stereocenters. The van der Waals surface area contributed by atoms with E-state index in [1.54, 1.807) is 0 Å². The van der Waals surface area contributed by atoms with Crippen molar-refractivity contribution in [1.82, 2.24) is 9.78 Å². The number of para-hydroxylation sites is 1. The average Bonchev–Trinajstić information content (AvgIpc) is 2.69. The molecule has 0 aliphatic carbocycles. The van der Waals surface area contributed by atoms with Gasteiger partial charge in [0, 0.05) is 5.39 Å². The Labute approximate surface area is 94.1 Å². The van der Waals surface area contributed by atoms with Crippen molar-refractivity contribution in [3.05, 3.63) is 60.3 Å². The molecule has 0 aliphatic rings. The number of benzene rings is 2. The van der Waals surface area contributed by atoms with Gasteiger partial charge in [0.15, 0.2) is 0 Å². The molecule has 0 N–H and O–H groups in total. The van der Waals surface area contributed by atoms with Crippen molar-refractivity contribution in [1.29, 1.82) is 0 Å². The van der Waals surface area contributed by atoms with Gasteiger partial charge in [-0.15, -0.1) is 0 Å². The van der Waals surface area contributed by atoms with Gasteiger partial charge in [-0.3, -0.25) is 0 Å². The molecule has 1 heterocycles. The fraction of sp³-hybridized carbons (Fsp3) is 0.0714. The molecule has 16 heavy (non-hydrogen) atoms. The lowest BCUT2D eigenvalue weighted by Crippen LogP contribution is -1.95. The predicted molar refractivity (Wildman–Crippen MR) is 64.6 cm³/mol. The molecule has 0 saturated carbocycles. The number of aryl methyl sites for hydroxylation is 1. The number of hydrogen-bond acceptors (Lipinski definition) is 1. The Morgan fingerprint density at radius 2 is 1.81 bits per heavy atom. The first-order chi connectivity index (χ1) is 7.86. The van der Waals surface area contributed by atoms with E-state index in [2.05, 4.69) is 23.3 Å². The minimum Gasteiger partial charge on any atom is -0.233 e. The summed E-state index contributed by atoms with van der Waals surface area (Å²) in [5.74, 6) is 0. The molecule has 3 aromatic rings. The van der Waals surface area contributed by atoms with Gasteiger partial charge < -0.3 is 0 Å². The van der Waals surface area contributed by atoms with E-state index < -0.39 is 0 Å². The Hall–Kier alpha value is -2.09. The highest BCUT2D eigenvalue weighted by molar-refractivity contribution is 5.83. The third-order valence-corrected chi connectivity index (χ3v) is 2.72. The molecule has 0 atom stereocenters. The summed E-state index contributed by atoms with van der Waals surface area (Å²) in [6.45, 7) is 2.04. The van der Waals surface area contributed by atoms with Gasteiger partial charge in [-0.1, -0.05) is 30.3 Å². The maximum Gasteiger partial charge on any atom is 0.0743 e. The molecule has 0 aliphatic heterocycles. The van der Waals surface area contributed by atoms with Crippen molar-refractivity contribution in [2.45, 2.75) is 6.92 Å². The fourth-order valence-corrected chi connectivity index (χ4v) is 1.94. The molecule has 1 aromatic heterocycles. The van der Waals surface area contributed by atoms with Gasteiger partial charge in [-0.2, -0.15) is 5.10 Å². The highest BCUT2D eigenvalue weighted by Gasteiger charge is 2.06. The average molecular weight is 207 g/mol. The second kappa shape index (κ2) is 3.49. The first-order valence-corrected chi connectivity index (χ1v) is 5.27. The van der Waals surface area contributed by atoms with E-state index in [1.807, 2.05) is 48.0 Å². The van der Waals surface area contributed by atoms with E-state index in [-0.39, 0.29) is 0 Å². The van der Waals surface area contributed by atoms with Crippen LogP contribution in [0.2, 0.25) is 0 Å². The van der Waals surface area contributed by atoms with Crippen LogP contribution in [0.4, 0.5) is 0 Å². The summed E-state index contributed by atoms with van der Waals surface area (Å²) in [5, 5.41) is 5.77. The summed E-state index contributed by atoms with van der Waals surface area (Å²) in [6, 6.07) is 19.1. The minimum absolute atomic E-state index is 1.06. The topological polar surface area (TPSA) is 17.8 Å². The highest BCUT2D eigenvalue weighted by atomic mass is 15.3. The lowest BCUT2D eigenvalue weighted by Gasteiger charge is -2.01. The number of hydrogen-bond donors (Lipinski definition) is 0. The van der Waals surface area contributed by atoms with Crippen molar-refractivity contribution < 1.29 is 0 Å². The number of rotatable bonds is 1. The molecular weight excluding hydrogens is 196 g/mol. The quantitative estimate of drug-likeness (QED) is 0.599. The highest BCUT2D eigenvalue weighted by Crippen LogP contribution is 2.20. The molecule has 2 nitrogen and oxygen atoms in total. The maximum atomic E-state index is 4.56. The number of aromatic nitrogens is 2. The van der Waals surface area contributed by atoms with Crippen molar-refractivity contribution in [2.75, 3.05) is 0 Å². The van der Waals surface area contributed by atoms with Crippen LogP contribution in [0.25, 0.3) is 16.6 Å². The van der Waals surface area contributed by atoms with Crippen LogP contribution >= 0.6 is 0 Å². The minimum atomic E-state index is 1.06. The second-order valence-electron chi connectivity index (χ2n) is 3.77. The number of fused-ring (bicyclic) bond motifs is 1. The first kappa shape index (κ1) is 9.16. The molecule has 2 heteroatoms. The molecule has 0 amide bonds. The standard InChI is InChI=1S/C14H11N2/c1-11-13-9-5-6-10-14(13)16(15-11)12-7-3-2-4-8-12/h3-10H,1H3. The van der Waals surface area contributed by atoms with Crippen molar-refractivity contribution in [2.24, 2.45) is 0 Å². The SMILES string of the molecule is Cc1nn(-c2cc[c]cc2)c2ccccc12. The molecule has 0 fully saturated rings. The summed E-state index contributed by atoms with van der Waals surface area (Å²) in [5.41, 5.74) is 3.28. The fourth-order valence-electron chi connectivity index (χ4n) is 1.94. The summed E-state index contributed by atoms with van der Waals surface area (Å²) in [6.07, 6.45) is 0. The zero-order chi connectivity index (χ0) is 11.0. The van der Waals surface area contributed by atoms with Crippen LogP contribution in [0.3, 0.4) is 0 Å². The van der Waals surface area contributed by atoms with Gasteiger partial charge in [0.05, 0.1) is 16.9 Å². The molecule has 3 rings (SSSR count). The van der Waals surface area contributed by atoms with E-state index in [4.69, 9.17) is 0 Å². The molecule has 2 aromatic carbocycles. The van der Waals surface area contributed by atoms with E-state index in [1.165, 1.54) is 5.39 Å². The van der Waals surface area contributed by atoms with Crippen molar-refractivity contribution in [3.63, 3.8) is 0 Å². The number of nitrogens with zero attached hydrogens (tertiary/aromatic N) is 2. The van der Waals surface area contributed by atoms with E-state index in [9.17, 15) is 0 Å². The molecule has 0 bridgehead atoms. The van der Waals surface area contributed by atoms with Gasteiger partial charge in [-0.25, -0.2) is 4.68 Å². The molecular formula is C14H11N2. The lowest BCUT2D eigenvalue weighted by molar-refractivity contribution is 0.889. The Kier molecular flexibility index (Phi) is 2.00. The summed E-state index contributed by atoms with van der Waals surface area (Å²) >= 11 is 0. The third kappa shape index (κ3) is 1.31. The summed E-state index contributed by atoms with van der Waals surface area (Å²) in [7, 11) is 0. The van der Waals surface area contributed by atoms with E-state index in [0.717, 1.165) is 16.9 Å². The van der Waals surface area contributed by atoms with E-state index in [0.29, 0.717) is 0 Å². The van der Waals surface area contributed by atoms with Gasteiger partial charge in [0.1, 0.15) is 0 Å². The third-order valence-electron chi connectivity index (χ3n) is 2.72. The van der Waals surface area contributed by atoms with Crippen molar-refractivity contribution >= 4 is 10.9 Å². The molecule has 0 saturated heterocycles. The van der Waals surface area contributed by atoms with Gasteiger partial charge in [-0.05, 0) is 31.2 Å². The first-order valence-electron chi connectivity index (χ1n) is 5.27. The Morgan fingerprint density at radius 3 is 2.62 bits per heavy atom. The maximum absolute atomic E-state index is 4.56. The zero-order valence-corrected chi connectivity index (χ0v) is 9.01. The van der Waals surface area contributed by atoms with E-state index >= 15 is 0 Å². The van der Waals surface area contributed by atoms with Crippen LogP contribution in [0, 0.1) is 13.0 Å². The predicted octanol–water partition coefficient (Wildman–Crippen LogP) is 3.13. The zero-order valence-electron chi connectivity index (χ0n) is 9.01. The Morgan fingerprint density at radius 1 is 1.06 bits per heavy atom. The van der Waals surface area contributed by atoms with Crippen molar-refractivity contribution in [3.8, 4) is 5.69 Å².